The van der Waals surface area contributed by atoms with E-state index in [4.69, 9.17) is 11.6 Å². The van der Waals surface area contributed by atoms with Crippen molar-refractivity contribution >= 4 is 27.5 Å². The lowest BCUT2D eigenvalue weighted by molar-refractivity contribution is -0.126. The molecule has 0 bridgehead atoms. The van der Waals surface area contributed by atoms with Crippen LogP contribution < -0.4 is 5.32 Å². The van der Waals surface area contributed by atoms with Gasteiger partial charge in [-0.25, -0.2) is 8.42 Å². The van der Waals surface area contributed by atoms with Gasteiger partial charge in [0.2, 0.25) is 15.9 Å². The van der Waals surface area contributed by atoms with Crippen molar-refractivity contribution in [3.63, 3.8) is 0 Å². The lowest BCUT2D eigenvalue weighted by Crippen LogP contribution is -2.45. The summed E-state index contributed by atoms with van der Waals surface area (Å²) >= 11 is 6.02. The molecular weight excluding hydrogens is 384 g/mol. The third kappa shape index (κ3) is 4.69. The molecule has 27 heavy (non-hydrogen) atoms. The van der Waals surface area contributed by atoms with Gasteiger partial charge in [-0.05, 0) is 49.6 Å². The highest BCUT2D eigenvalue weighted by Gasteiger charge is 2.33. The number of hydrogen-bond donors (Lipinski definition) is 1. The second-order valence-corrected chi connectivity index (χ2v) is 9.17. The van der Waals surface area contributed by atoms with Crippen LogP contribution in [0.3, 0.4) is 0 Å². The predicted octanol–water partition coefficient (Wildman–Crippen LogP) is 3.62. The van der Waals surface area contributed by atoms with Crippen molar-refractivity contribution in [2.45, 2.75) is 30.7 Å². The standard InChI is InChI=1S/C20H23ClN2O3S/c1-15(16-7-5-9-18(21)13-16)22-20(24)17-8-6-12-23(14-17)27(25,26)19-10-3-2-4-11-19/h2-5,7,9-11,13,15,17H,6,8,12,14H2,1H3,(H,22,24). The third-order valence-corrected chi connectivity index (χ3v) is 6.96. The van der Waals surface area contributed by atoms with Crippen LogP contribution in [0.2, 0.25) is 5.02 Å². The molecule has 2 aromatic rings. The number of nitrogens with zero attached hydrogens (tertiary/aromatic N) is 1. The van der Waals surface area contributed by atoms with Crippen LogP contribution in [0.4, 0.5) is 0 Å². The Morgan fingerprint density at radius 2 is 1.93 bits per heavy atom. The second kappa shape index (κ2) is 8.42. The molecule has 1 aliphatic rings. The van der Waals surface area contributed by atoms with Crippen LogP contribution in [-0.4, -0.2) is 31.7 Å². The van der Waals surface area contributed by atoms with E-state index in [1.54, 1.807) is 36.4 Å². The molecule has 7 heteroatoms. The second-order valence-electron chi connectivity index (χ2n) is 6.80. The summed E-state index contributed by atoms with van der Waals surface area (Å²) in [4.78, 5) is 13.0. The molecule has 1 fully saturated rings. The number of sulfonamides is 1. The first-order valence-electron chi connectivity index (χ1n) is 8.99. The molecule has 0 aromatic heterocycles. The highest BCUT2D eigenvalue weighted by molar-refractivity contribution is 7.89. The van der Waals surface area contributed by atoms with Gasteiger partial charge in [-0.1, -0.05) is 41.9 Å². The van der Waals surface area contributed by atoms with E-state index in [1.807, 2.05) is 25.1 Å². The fourth-order valence-electron chi connectivity index (χ4n) is 3.31. The number of rotatable bonds is 5. The van der Waals surface area contributed by atoms with Gasteiger partial charge >= 0.3 is 0 Å². The van der Waals surface area contributed by atoms with Crippen molar-refractivity contribution in [2.75, 3.05) is 13.1 Å². The normalized spacial score (nSPS) is 19.4. The van der Waals surface area contributed by atoms with Crippen LogP contribution in [0, 0.1) is 5.92 Å². The summed E-state index contributed by atoms with van der Waals surface area (Å²) in [5.41, 5.74) is 0.917. The zero-order chi connectivity index (χ0) is 19.4. The minimum absolute atomic E-state index is 0.129. The third-order valence-electron chi connectivity index (χ3n) is 4.84. The molecule has 0 aliphatic carbocycles. The van der Waals surface area contributed by atoms with Crippen LogP contribution >= 0.6 is 11.6 Å². The molecule has 3 rings (SSSR count). The summed E-state index contributed by atoms with van der Waals surface area (Å²) in [7, 11) is -3.58. The predicted molar refractivity (Wildman–Crippen MR) is 106 cm³/mol. The van der Waals surface area contributed by atoms with Gasteiger partial charge in [0, 0.05) is 18.1 Å². The van der Waals surface area contributed by atoms with Crippen LogP contribution in [0.25, 0.3) is 0 Å². The minimum atomic E-state index is -3.58. The maximum Gasteiger partial charge on any atom is 0.243 e. The number of carbonyl (C=O) groups excluding carboxylic acids is 1. The topological polar surface area (TPSA) is 66.5 Å². The highest BCUT2D eigenvalue weighted by Crippen LogP contribution is 2.25. The molecule has 5 nitrogen and oxygen atoms in total. The Bertz CT molecular complexity index is 902. The van der Waals surface area contributed by atoms with E-state index in [-0.39, 0.29) is 29.3 Å². The number of piperidine rings is 1. The average molecular weight is 407 g/mol. The first kappa shape index (κ1) is 19.9. The SMILES string of the molecule is CC(NC(=O)C1CCCN(S(=O)(=O)c2ccccc2)C1)c1cccc(Cl)c1. The number of hydrogen-bond acceptors (Lipinski definition) is 3. The summed E-state index contributed by atoms with van der Waals surface area (Å²) < 4.78 is 27.0. The Hall–Kier alpha value is -1.89. The zero-order valence-corrected chi connectivity index (χ0v) is 16.7. The lowest BCUT2D eigenvalue weighted by Gasteiger charge is -2.32. The van der Waals surface area contributed by atoms with Gasteiger partial charge in [0.25, 0.3) is 0 Å². The van der Waals surface area contributed by atoms with E-state index in [0.29, 0.717) is 24.4 Å². The Morgan fingerprint density at radius 3 is 2.63 bits per heavy atom. The molecule has 1 aliphatic heterocycles. The Balaban J connectivity index is 1.68. The molecule has 144 valence electrons. The van der Waals surface area contributed by atoms with Crippen molar-refractivity contribution < 1.29 is 13.2 Å². The van der Waals surface area contributed by atoms with Gasteiger partial charge in [0.1, 0.15) is 0 Å². The van der Waals surface area contributed by atoms with E-state index in [1.165, 1.54) is 4.31 Å². The van der Waals surface area contributed by atoms with Gasteiger partial charge in [-0.15, -0.1) is 0 Å². The summed E-state index contributed by atoms with van der Waals surface area (Å²) in [6.45, 7) is 2.53. The molecule has 1 heterocycles. The van der Waals surface area contributed by atoms with Crippen LogP contribution in [-0.2, 0) is 14.8 Å². The number of amides is 1. The quantitative estimate of drug-likeness (QED) is 0.824. The molecule has 2 aromatic carbocycles. The molecular formula is C20H23ClN2O3S. The van der Waals surface area contributed by atoms with E-state index in [9.17, 15) is 13.2 Å². The highest BCUT2D eigenvalue weighted by atomic mass is 35.5. The van der Waals surface area contributed by atoms with Gasteiger partial charge in [0.05, 0.1) is 16.9 Å². The molecule has 2 atom stereocenters. The number of benzene rings is 2. The largest absolute Gasteiger partial charge is 0.349 e. The molecule has 0 saturated carbocycles. The first-order valence-corrected chi connectivity index (χ1v) is 10.8. The Labute approximate surface area is 165 Å². The van der Waals surface area contributed by atoms with Crippen molar-refractivity contribution in [3.05, 3.63) is 65.2 Å². The molecule has 0 spiro atoms. The average Bonchev–Trinajstić information content (AvgIpc) is 2.68. The fourth-order valence-corrected chi connectivity index (χ4v) is 5.05. The number of carbonyl (C=O) groups is 1. The van der Waals surface area contributed by atoms with Gasteiger partial charge in [0.15, 0.2) is 0 Å². The van der Waals surface area contributed by atoms with Crippen molar-refractivity contribution in [1.29, 1.82) is 0 Å². The maximum atomic E-state index is 12.8. The van der Waals surface area contributed by atoms with Crippen LogP contribution in [0.1, 0.15) is 31.4 Å². The van der Waals surface area contributed by atoms with Crippen molar-refractivity contribution in [3.8, 4) is 0 Å². The van der Waals surface area contributed by atoms with Crippen molar-refractivity contribution in [2.24, 2.45) is 5.92 Å². The lowest BCUT2D eigenvalue weighted by atomic mass is 9.98. The monoisotopic (exact) mass is 406 g/mol. The van der Waals surface area contributed by atoms with Gasteiger partial charge < -0.3 is 5.32 Å². The summed E-state index contributed by atoms with van der Waals surface area (Å²) in [5, 5.41) is 3.60. The maximum absolute atomic E-state index is 12.8. The Kier molecular flexibility index (Phi) is 6.19. The van der Waals surface area contributed by atoms with E-state index in [2.05, 4.69) is 5.32 Å². The van der Waals surface area contributed by atoms with Crippen LogP contribution in [0.5, 0.6) is 0 Å². The fraction of sp³-hybridized carbons (Fsp3) is 0.350. The van der Waals surface area contributed by atoms with Crippen LogP contribution in [0.15, 0.2) is 59.5 Å². The molecule has 2 unspecified atom stereocenters. The molecule has 1 amide bonds. The van der Waals surface area contributed by atoms with E-state index in [0.717, 1.165) is 5.56 Å². The summed E-state index contributed by atoms with van der Waals surface area (Å²) in [6, 6.07) is 15.5. The summed E-state index contributed by atoms with van der Waals surface area (Å²) in [6.07, 6.45) is 1.34. The van der Waals surface area contributed by atoms with E-state index < -0.39 is 10.0 Å². The summed E-state index contributed by atoms with van der Waals surface area (Å²) in [5.74, 6) is -0.491. The smallest absolute Gasteiger partial charge is 0.243 e. The van der Waals surface area contributed by atoms with Gasteiger partial charge in [-0.2, -0.15) is 4.31 Å². The van der Waals surface area contributed by atoms with Crippen molar-refractivity contribution in [1.82, 2.24) is 9.62 Å². The molecule has 1 N–H and O–H groups in total. The Morgan fingerprint density at radius 1 is 1.19 bits per heavy atom. The first-order chi connectivity index (χ1) is 12.9. The number of nitrogens with one attached hydrogen (secondary N) is 1. The van der Waals surface area contributed by atoms with Gasteiger partial charge in [-0.3, -0.25) is 4.79 Å². The molecule has 0 radical (unpaired) electrons. The van der Waals surface area contributed by atoms with E-state index >= 15 is 0 Å². The molecule has 1 saturated heterocycles. The minimum Gasteiger partial charge on any atom is -0.349 e. The number of halogens is 1. The zero-order valence-electron chi connectivity index (χ0n) is 15.1.